The first kappa shape index (κ1) is 21.8. The van der Waals surface area contributed by atoms with Crippen molar-refractivity contribution in [1.82, 2.24) is 9.29 Å². The van der Waals surface area contributed by atoms with Crippen LogP contribution in [0.5, 0.6) is 0 Å². The minimum absolute atomic E-state index is 0.0537. The third-order valence-electron chi connectivity index (χ3n) is 6.24. The van der Waals surface area contributed by atoms with Crippen LogP contribution in [0.2, 0.25) is 0 Å². The molecule has 10 heteroatoms. The molecule has 1 saturated carbocycles. The highest BCUT2D eigenvalue weighted by Crippen LogP contribution is 2.53. The fourth-order valence-electron chi connectivity index (χ4n) is 4.66. The largest absolute Gasteiger partial charge is 0.445 e. The molecule has 2 aliphatic rings. The van der Waals surface area contributed by atoms with E-state index in [2.05, 4.69) is 10.3 Å². The summed E-state index contributed by atoms with van der Waals surface area (Å²) in [6, 6.07) is 4.60. The summed E-state index contributed by atoms with van der Waals surface area (Å²) in [5.41, 5.74) is 0.958. The van der Waals surface area contributed by atoms with Crippen molar-refractivity contribution in [3.05, 3.63) is 47.9 Å². The highest BCUT2D eigenvalue weighted by atomic mass is 32.2. The molecule has 2 heterocycles. The van der Waals surface area contributed by atoms with Gasteiger partial charge >= 0.3 is 6.09 Å². The average Bonchev–Trinajstić information content (AvgIpc) is 3.38. The topological polar surface area (TPSA) is 102 Å². The lowest BCUT2D eigenvalue weighted by molar-refractivity contribution is 0.0705. The zero-order valence-electron chi connectivity index (χ0n) is 17.3. The Morgan fingerprint density at radius 2 is 2.23 bits per heavy atom. The molecule has 2 fully saturated rings. The van der Waals surface area contributed by atoms with Crippen LogP contribution in [0.3, 0.4) is 0 Å². The Labute approximate surface area is 180 Å². The van der Waals surface area contributed by atoms with Gasteiger partial charge in [-0.15, -0.1) is 0 Å². The van der Waals surface area contributed by atoms with E-state index >= 15 is 0 Å². The van der Waals surface area contributed by atoms with E-state index < -0.39 is 16.1 Å². The molecule has 1 aromatic heterocycles. The van der Waals surface area contributed by atoms with Crippen LogP contribution >= 0.6 is 0 Å². The average molecular weight is 452 g/mol. The summed E-state index contributed by atoms with van der Waals surface area (Å²) < 4.78 is 50.3. The van der Waals surface area contributed by atoms with E-state index in [1.807, 2.05) is 0 Å². The predicted octanol–water partition coefficient (Wildman–Crippen LogP) is 3.56. The maximum Gasteiger partial charge on any atom is 0.412 e. The monoisotopic (exact) mass is 451 g/mol. The number of benzene rings is 1. The summed E-state index contributed by atoms with van der Waals surface area (Å²) in [6.07, 6.45) is 5.28. The zero-order chi connectivity index (χ0) is 22.1. The molecule has 1 aliphatic carbocycles. The number of hydrogen-bond acceptors (Lipinski definition) is 6. The van der Waals surface area contributed by atoms with Crippen LogP contribution in [0.1, 0.15) is 37.5 Å². The molecular formula is C21H26FN3O5S. The van der Waals surface area contributed by atoms with Crippen LogP contribution in [0.25, 0.3) is 0 Å². The lowest BCUT2D eigenvalue weighted by Gasteiger charge is -2.45. The Bertz CT molecular complexity index is 1040. The van der Waals surface area contributed by atoms with Crippen molar-refractivity contribution in [3.8, 4) is 0 Å². The summed E-state index contributed by atoms with van der Waals surface area (Å²) in [4.78, 5) is 15.6. The summed E-state index contributed by atoms with van der Waals surface area (Å²) in [5, 5.41) is 2.49. The van der Waals surface area contributed by atoms with Gasteiger partial charge in [-0.05, 0) is 61.6 Å². The molecule has 2 aromatic rings. The van der Waals surface area contributed by atoms with Gasteiger partial charge < -0.3 is 9.15 Å². The lowest BCUT2D eigenvalue weighted by atomic mass is 9.60. The maximum absolute atomic E-state index is 14.6. The molecule has 0 radical (unpaired) electrons. The molecule has 1 N–H and O–H groups in total. The van der Waals surface area contributed by atoms with E-state index in [0.29, 0.717) is 42.4 Å². The summed E-state index contributed by atoms with van der Waals surface area (Å²) >= 11 is 0. The fraction of sp³-hybridized carbons (Fsp3) is 0.524. The Morgan fingerprint density at radius 3 is 2.90 bits per heavy atom. The fourth-order valence-corrected chi connectivity index (χ4v) is 5.87. The number of ether oxygens (including phenoxy) is 1. The normalized spacial score (nSPS) is 23.6. The van der Waals surface area contributed by atoms with Gasteiger partial charge in [0.05, 0.1) is 11.9 Å². The van der Waals surface area contributed by atoms with Gasteiger partial charge in [0.1, 0.15) is 5.82 Å². The first-order valence-electron chi connectivity index (χ1n) is 10.4. The van der Waals surface area contributed by atoms with Crippen molar-refractivity contribution in [2.75, 3.05) is 24.2 Å². The first-order chi connectivity index (χ1) is 14.8. The van der Waals surface area contributed by atoms with Crippen LogP contribution in [0.4, 0.5) is 14.9 Å². The Balaban J connectivity index is 1.26. The van der Waals surface area contributed by atoms with Crippen molar-refractivity contribution >= 4 is 21.8 Å². The molecule has 4 rings (SSSR count). The molecule has 1 saturated heterocycles. The number of halogens is 1. The Hall–Kier alpha value is -2.46. The SMILES string of the molecule is CCS(=O)(=O)N1CCC2(CC(Cc3ccc(NC(=O)OCc4cnco4)cc3F)C2)C1. The number of oxazole rings is 1. The lowest BCUT2D eigenvalue weighted by Crippen LogP contribution is -2.42. The second kappa shape index (κ2) is 8.58. The van der Waals surface area contributed by atoms with Gasteiger partial charge in [0, 0.05) is 18.8 Å². The van der Waals surface area contributed by atoms with Gasteiger partial charge in [-0.25, -0.2) is 26.9 Å². The van der Waals surface area contributed by atoms with Gasteiger partial charge in [-0.1, -0.05) is 6.07 Å². The van der Waals surface area contributed by atoms with E-state index in [-0.39, 0.29) is 23.6 Å². The molecule has 1 spiro atoms. The summed E-state index contributed by atoms with van der Waals surface area (Å²) in [6.45, 7) is 2.78. The second-order valence-electron chi connectivity index (χ2n) is 8.44. The molecule has 0 atom stereocenters. The number of hydrogen-bond donors (Lipinski definition) is 1. The summed E-state index contributed by atoms with van der Waals surface area (Å²) in [5.74, 6) is 0.499. The molecule has 168 valence electrons. The number of sulfonamides is 1. The van der Waals surface area contributed by atoms with E-state index in [1.54, 1.807) is 23.4 Å². The minimum atomic E-state index is -3.14. The van der Waals surface area contributed by atoms with Crippen LogP contribution in [-0.2, 0) is 27.8 Å². The van der Waals surface area contributed by atoms with Crippen LogP contribution in [0.15, 0.2) is 35.2 Å². The number of carbonyl (C=O) groups is 1. The van der Waals surface area contributed by atoms with Gasteiger partial charge in [0.2, 0.25) is 10.0 Å². The van der Waals surface area contributed by atoms with E-state index in [9.17, 15) is 17.6 Å². The number of aromatic nitrogens is 1. The van der Waals surface area contributed by atoms with Crippen molar-refractivity contribution < 1.29 is 26.8 Å². The number of nitrogens with zero attached hydrogens (tertiary/aromatic N) is 2. The van der Waals surface area contributed by atoms with Crippen LogP contribution < -0.4 is 5.32 Å². The molecule has 31 heavy (non-hydrogen) atoms. The van der Waals surface area contributed by atoms with Gasteiger partial charge in [0.15, 0.2) is 18.8 Å². The zero-order valence-corrected chi connectivity index (χ0v) is 18.2. The van der Waals surface area contributed by atoms with Crippen molar-refractivity contribution in [2.45, 2.75) is 39.2 Å². The van der Waals surface area contributed by atoms with E-state index in [0.717, 1.165) is 19.3 Å². The number of anilines is 1. The van der Waals surface area contributed by atoms with Gasteiger partial charge in [-0.3, -0.25) is 5.32 Å². The van der Waals surface area contributed by atoms with Gasteiger partial charge in [0.25, 0.3) is 0 Å². The number of rotatable bonds is 7. The Morgan fingerprint density at radius 1 is 1.42 bits per heavy atom. The van der Waals surface area contributed by atoms with Crippen molar-refractivity contribution in [2.24, 2.45) is 11.3 Å². The molecule has 1 amide bonds. The standard InChI is InChI=1S/C21H26FN3O5S/c1-2-31(27,28)25-6-5-21(13-25)9-15(10-21)7-16-3-4-17(8-19(16)22)24-20(26)29-12-18-11-23-14-30-18/h3-4,8,11,14-15H,2,5-7,9-10,12-13H2,1H3,(H,24,26). The number of amides is 1. The smallest absolute Gasteiger partial charge is 0.412 e. The number of carbonyl (C=O) groups excluding carboxylic acids is 1. The molecule has 8 nitrogen and oxygen atoms in total. The van der Waals surface area contributed by atoms with Crippen molar-refractivity contribution in [3.63, 3.8) is 0 Å². The highest BCUT2D eigenvalue weighted by Gasteiger charge is 2.50. The molecule has 0 unspecified atom stereocenters. The minimum Gasteiger partial charge on any atom is -0.445 e. The molecule has 1 aliphatic heterocycles. The highest BCUT2D eigenvalue weighted by molar-refractivity contribution is 7.89. The molecular weight excluding hydrogens is 425 g/mol. The second-order valence-corrected chi connectivity index (χ2v) is 10.7. The first-order valence-corrected chi connectivity index (χ1v) is 12.0. The van der Waals surface area contributed by atoms with Crippen molar-refractivity contribution in [1.29, 1.82) is 0 Å². The maximum atomic E-state index is 14.6. The third-order valence-corrected chi connectivity index (χ3v) is 8.07. The van der Waals surface area contributed by atoms with E-state index in [4.69, 9.17) is 9.15 Å². The predicted molar refractivity (Wildman–Crippen MR) is 111 cm³/mol. The van der Waals surface area contributed by atoms with Crippen LogP contribution in [0, 0.1) is 17.2 Å². The summed E-state index contributed by atoms with van der Waals surface area (Å²) in [7, 11) is -3.14. The van der Waals surface area contributed by atoms with Crippen LogP contribution in [-0.4, -0.2) is 42.6 Å². The van der Waals surface area contributed by atoms with E-state index in [1.165, 1.54) is 18.7 Å². The van der Waals surface area contributed by atoms with Gasteiger partial charge in [-0.2, -0.15) is 0 Å². The molecule has 1 aromatic carbocycles. The Kier molecular flexibility index (Phi) is 6.02. The molecule has 0 bridgehead atoms. The third kappa shape index (κ3) is 4.90. The number of nitrogens with one attached hydrogen (secondary N) is 1. The quantitative estimate of drug-likeness (QED) is 0.691.